The van der Waals surface area contributed by atoms with E-state index in [4.69, 9.17) is 10.5 Å². The molecule has 1 aliphatic heterocycles. The van der Waals surface area contributed by atoms with E-state index in [9.17, 15) is 0 Å². The van der Waals surface area contributed by atoms with Crippen molar-refractivity contribution in [2.45, 2.75) is 76.4 Å². The summed E-state index contributed by atoms with van der Waals surface area (Å²) >= 11 is 0. The van der Waals surface area contributed by atoms with Crippen LogP contribution in [-0.4, -0.2) is 43.3 Å². The third-order valence-corrected chi connectivity index (χ3v) is 5.79. The Kier molecular flexibility index (Phi) is 6.31. The van der Waals surface area contributed by atoms with Gasteiger partial charge in [-0.2, -0.15) is 0 Å². The van der Waals surface area contributed by atoms with E-state index >= 15 is 0 Å². The Bertz CT molecular complexity index is 274. The third-order valence-electron chi connectivity index (χ3n) is 5.79. The van der Waals surface area contributed by atoms with Crippen LogP contribution in [0.1, 0.15) is 64.7 Å². The first-order valence-electron chi connectivity index (χ1n) is 8.72. The molecule has 0 amide bonds. The van der Waals surface area contributed by atoms with Crippen LogP contribution in [0, 0.1) is 5.92 Å². The predicted octanol–water partition coefficient (Wildman–Crippen LogP) is 3.18. The average Bonchev–Trinajstić information content (AvgIpc) is 2.74. The molecule has 0 aromatic rings. The molecular formula is C17H34N2O. The van der Waals surface area contributed by atoms with E-state index in [1.807, 2.05) is 7.11 Å². The van der Waals surface area contributed by atoms with Gasteiger partial charge in [0.25, 0.3) is 0 Å². The molecule has 1 unspecified atom stereocenters. The minimum absolute atomic E-state index is 0.274. The first kappa shape index (κ1) is 16.3. The standard InChI is InChI=1S/C17H34N2O/c1-3-5-15-6-4-12-19(13-9-15)17(14-18)10-7-16(20-2)8-11-17/h15-16H,3-14,18H2,1-2H3. The summed E-state index contributed by atoms with van der Waals surface area (Å²) in [5.74, 6) is 0.954. The lowest BCUT2D eigenvalue weighted by Crippen LogP contribution is -2.56. The van der Waals surface area contributed by atoms with Gasteiger partial charge in [0.05, 0.1) is 6.10 Å². The number of methoxy groups -OCH3 is 1. The highest BCUT2D eigenvalue weighted by atomic mass is 16.5. The van der Waals surface area contributed by atoms with Gasteiger partial charge in [-0.3, -0.25) is 4.90 Å². The molecule has 3 heteroatoms. The summed E-state index contributed by atoms with van der Waals surface area (Å²) in [7, 11) is 1.85. The monoisotopic (exact) mass is 282 g/mol. The van der Waals surface area contributed by atoms with E-state index in [0.717, 1.165) is 12.5 Å². The maximum Gasteiger partial charge on any atom is 0.0572 e. The molecule has 3 nitrogen and oxygen atoms in total. The van der Waals surface area contributed by atoms with Crippen molar-refractivity contribution in [1.29, 1.82) is 0 Å². The molecule has 0 bridgehead atoms. The smallest absolute Gasteiger partial charge is 0.0572 e. The summed E-state index contributed by atoms with van der Waals surface area (Å²) in [6.07, 6.45) is 12.2. The zero-order chi connectivity index (χ0) is 14.4. The van der Waals surface area contributed by atoms with Gasteiger partial charge in [0.1, 0.15) is 0 Å². The van der Waals surface area contributed by atoms with E-state index in [1.54, 1.807) is 0 Å². The zero-order valence-electron chi connectivity index (χ0n) is 13.6. The summed E-state index contributed by atoms with van der Waals surface area (Å²) in [5.41, 5.74) is 6.49. The maximum absolute atomic E-state index is 6.22. The number of nitrogens with two attached hydrogens (primary N) is 1. The molecule has 20 heavy (non-hydrogen) atoms. The van der Waals surface area contributed by atoms with Crippen LogP contribution in [0.15, 0.2) is 0 Å². The second-order valence-corrected chi connectivity index (χ2v) is 6.94. The quantitative estimate of drug-likeness (QED) is 0.841. The Labute approximate surface area is 125 Å². The molecule has 0 radical (unpaired) electrons. The highest BCUT2D eigenvalue weighted by molar-refractivity contribution is 4.97. The van der Waals surface area contributed by atoms with E-state index < -0.39 is 0 Å². The van der Waals surface area contributed by atoms with Crippen LogP contribution in [0.5, 0.6) is 0 Å². The second-order valence-electron chi connectivity index (χ2n) is 6.94. The molecule has 1 saturated heterocycles. The number of hydrogen-bond donors (Lipinski definition) is 1. The van der Waals surface area contributed by atoms with Gasteiger partial charge in [-0.05, 0) is 64.0 Å². The molecule has 1 heterocycles. The lowest BCUT2D eigenvalue weighted by molar-refractivity contribution is -0.00608. The van der Waals surface area contributed by atoms with Crippen LogP contribution in [0.25, 0.3) is 0 Å². The molecule has 1 aliphatic carbocycles. The average molecular weight is 282 g/mol. The summed E-state index contributed by atoms with van der Waals surface area (Å²) < 4.78 is 5.53. The van der Waals surface area contributed by atoms with Crippen LogP contribution >= 0.6 is 0 Å². The first-order chi connectivity index (χ1) is 9.74. The minimum Gasteiger partial charge on any atom is -0.381 e. The first-order valence-corrected chi connectivity index (χ1v) is 8.72. The molecular weight excluding hydrogens is 248 g/mol. The lowest BCUT2D eigenvalue weighted by Gasteiger charge is -2.47. The van der Waals surface area contributed by atoms with Gasteiger partial charge in [-0.1, -0.05) is 19.8 Å². The molecule has 1 saturated carbocycles. The number of nitrogens with zero attached hydrogens (tertiary/aromatic N) is 1. The van der Waals surface area contributed by atoms with Gasteiger partial charge in [-0.25, -0.2) is 0 Å². The molecule has 2 aliphatic rings. The van der Waals surface area contributed by atoms with Gasteiger partial charge in [0, 0.05) is 19.2 Å². The molecule has 0 spiro atoms. The summed E-state index contributed by atoms with van der Waals surface area (Å²) in [5, 5.41) is 0. The Hall–Kier alpha value is -0.120. The Morgan fingerprint density at radius 2 is 1.90 bits per heavy atom. The van der Waals surface area contributed by atoms with Gasteiger partial charge >= 0.3 is 0 Å². The minimum atomic E-state index is 0.274. The normalized spacial score (nSPS) is 36.8. The van der Waals surface area contributed by atoms with E-state index in [-0.39, 0.29) is 5.54 Å². The Balaban J connectivity index is 1.94. The van der Waals surface area contributed by atoms with Crippen LogP contribution in [-0.2, 0) is 4.74 Å². The van der Waals surface area contributed by atoms with Crippen LogP contribution in [0.3, 0.4) is 0 Å². The highest BCUT2D eigenvalue weighted by Crippen LogP contribution is 2.36. The molecule has 118 valence electrons. The van der Waals surface area contributed by atoms with E-state index in [0.29, 0.717) is 6.10 Å². The second kappa shape index (κ2) is 7.77. The third kappa shape index (κ3) is 3.75. The zero-order valence-corrected chi connectivity index (χ0v) is 13.6. The number of ether oxygens (including phenoxy) is 1. The van der Waals surface area contributed by atoms with Gasteiger partial charge in [-0.15, -0.1) is 0 Å². The summed E-state index contributed by atoms with van der Waals surface area (Å²) in [6.45, 7) is 5.66. The molecule has 2 rings (SSSR count). The lowest BCUT2D eigenvalue weighted by atomic mass is 9.78. The fourth-order valence-corrected chi connectivity index (χ4v) is 4.35. The van der Waals surface area contributed by atoms with Gasteiger partial charge < -0.3 is 10.5 Å². The maximum atomic E-state index is 6.22. The number of likely N-dealkylation sites (tertiary alicyclic amines) is 1. The van der Waals surface area contributed by atoms with Crippen molar-refractivity contribution < 1.29 is 4.74 Å². The summed E-state index contributed by atoms with van der Waals surface area (Å²) in [6, 6.07) is 0. The number of rotatable bonds is 5. The molecule has 0 aromatic heterocycles. The van der Waals surface area contributed by atoms with Crippen LogP contribution in [0.2, 0.25) is 0 Å². The van der Waals surface area contributed by atoms with Gasteiger partial charge in [0.15, 0.2) is 0 Å². The van der Waals surface area contributed by atoms with Crippen molar-refractivity contribution >= 4 is 0 Å². The van der Waals surface area contributed by atoms with Crippen LogP contribution < -0.4 is 5.73 Å². The molecule has 2 N–H and O–H groups in total. The molecule has 0 aromatic carbocycles. The van der Waals surface area contributed by atoms with Crippen molar-refractivity contribution in [2.75, 3.05) is 26.7 Å². The Morgan fingerprint density at radius 1 is 1.15 bits per heavy atom. The predicted molar refractivity (Wildman–Crippen MR) is 84.9 cm³/mol. The van der Waals surface area contributed by atoms with Crippen molar-refractivity contribution in [2.24, 2.45) is 11.7 Å². The van der Waals surface area contributed by atoms with Crippen molar-refractivity contribution in [1.82, 2.24) is 4.90 Å². The van der Waals surface area contributed by atoms with Crippen molar-refractivity contribution in [3.05, 3.63) is 0 Å². The topological polar surface area (TPSA) is 38.5 Å². The van der Waals surface area contributed by atoms with E-state index in [2.05, 4.69) is 11.8 Å². The fourth-order valence-electron chi connectivity index (χ4n) is 4.35. The molecule has 1 atom stereocenters. The van der Waals surface area contributed by atoms with Crippen molar-refractivity contribution in [3.63, 3.8) is 0 Å². The highest BCUT2D eigenvalue weighted by Gasteiger charge is 2.39. The summed E-state index contributed by atoms with van der Waals surface area (Å²) in [4.78, 5) is 2.74. The SMILES string of the molecule is CCCC1CCCN(C2(CN)CCC(OC)CC2)CC1. The van der Waals surface area contributed by atoms with Gasteiger partial charge in [0.2, 0.25) is 0 Å². The largest absolute Gasteiger partial charge is 0.381 e. The van der Waals surface area contributed by atoms with E-state index in [1.165, 1.54) is 70.9 Å². The fraction of sp³-hybridized carbons (Fsp3) is 1.00. The van der Waals surface area contributed by atoms with Crippen LogP contribution in [0.4, 0.5) is 0 Å². The number of hydrogen-bond acceptors (Lipinski definition) is 3. The molecule has 2 fully saturated rings. The Morgan fingerprint density at radius 3 is 2.50 bits per heavy atom. The van der Waals surface area contributed by atoms with Crippen molar-refractivity contribution in [3.8, 4) is 0 Å².